The zero-order valence-corrected chi connectivity index (χ0v) is 10.5. The first-order valence-corrected chi connectivity index (χ1v) is 5.95. The largest absolute Gasteiger partial charge is 0.374 e. The Morgan fingerprint density at radius 3 is 1.42 bits per heavy atom. The molecular weight excluding hydrogens is 240 g/mol. The second-order valence-corrected chi connectivity index (χ2v) is 4.46. The van der Waals surface area contributed by atoms with Crippen molar-refractivity contribution in [2.75, 3.05) is 0 Å². The lowest BCUT2D eigenvalue weighted by molar-refractivity contribution is 0.0358. The molecular formula is C16H14O3. The van der Waals surface area contributed by atoms with Gasteiger partial charge < -0.3 is 5.11 Å². The van der Waals surface area contributed by atoms with E-state index < -0.39 is 17.2 Å². The first kappa shape index (κ1) is 13.2. The second kappa shape index (κ2) is 5.16. The van der Waals surface area contributed by atoms with Crippen LogP contribution in [0.25, 0.3) is 0 Å². The lowest BCUT2D eigenvalue weighted by atomic mass is 9.87. The monoisotopic (exact) mass is 254 g/mol. The van der Waals surface area contributed by atoms with Crippen molar-refractivity contribution in [2.24, 2.45) is 0 Å². The van der Waals surface area contributed by atoms with E-state index in [1.807, 2.05) is 0 Å². The van der Waals surface area contributed by atoms with Gasteiger partial charge in [-0.25, -0.2) is 0 Å². The number of carbonyl (C=O) groups excluding carboxylic acids is 2. The van der Waals surface area contributed by atoms with Crippen molar-refractivity contribution in [3.8, 4) is 0 Å². The third kappa shape index (κ3) is 2.61. The summed E-state index contributed by atoms with van der Waals surface area (Å²) in [6.07, 6.45) is 0. The van der Waals surface area contributed by atoms with Crippen LogP contribution in [-0.2, 0) is 0 Å². The zero-order valence-electron chi connectivity index (χ0n) is 10.5. The smallest absolute Gasteiger partial charge is 0.202 e. The van der Waals surface area contributed by atoms with Gasteiger partial charge in [0.15, 0.2) is 5.60 Å². The molecule has 0 radical (unpaired) electrons. The molecule has 0 heterocycles. The summed E-state index contributed by atoms with van der Waals surface area (Å²) in [5, 5.41) is 10.3. The van der Waals surface area contributed by atoms with Crippen LogP contribution in [0, 0.1) is 0 Å². The first-order chi connectivity index (χ1) is 9.03. The molecule has 0 aliphatic heterocycles. The molecule has 0 amide bonds. The van der Waals surface area contributed by atoms with Gasteiger partial charge in [-0.15, -0.1) is 0 Å². The Labute approximate surface area is 111 Å². The van der Waals surface area contributed by atoms with E-state index in [-0.39, 0.29) is 0 Å². The van der Waals surface area contributed by atoms with Crippen molar-refractivity contribution >= 4 is 11.6 Å². The van der Waals surface area contributed by atoms with Crippen molar-refractivity contribution in [3.05, 3.63) is 71.8 Å². The minimum Gasteiger partial charge on any atom is -0.374 e. The number of carbonyl (C=O) groups is 2. The number of ketones is 2. The van der Waals surface area contributed by atoms with E-state index in [9.17, 15) is 14.7 Å². The standard InChI is InChI=1S/C16H14O3/c1-16(19,14(17)12-8-4-2-5-9-12)15(18)13-10-6-3-7-11-13/h2-11,19H,1H3. The van der Waals surface area contributed by atoms with Crippen molar-refractivity contribution in [2.45, 2.75) is 12.5 Å². The Kier molecular flexibility index (Phi) is 3.58. The van der Waals surface area contributed by atoms with Crippen LogP contribution in [0.15, 0.2) is 60.7 Å². The molecule has 2 aromatic carbocycles. The van der Waals surface area contributed by atoms with Gasteiger partial charge in [0.25, 0.3) is 0 Å². The number of rotatable bonds is 4. The normalized spacial score (nSPS) is 11.1. The van der Waals surface area contributed by atoms with Crippen LogP contribution in [-0.4, -0.2) is 22.3 Å². The molecule has 3 heteroatoms. The molecule has 0 fully saturated rings. The van der Waals surface area contributed by atoms with Crippen molar-refractivity contribution in [3.63, 3.8) is 0 Å². The van der Waals surface area contributed by atoms with Gasteiger partial charge in [0, 0.05) is 11.1 Å². The maximum absolute atomic E-state index is 12.2. The van der Waals surface area contributed by atoms with Gasteiger partial charge in [0.05, 0.1) is 0 Å². The summed E-state index contributed by atoms with van der Waals surface area (Å²) >= 11 is 0. The Balaban J connectivity index is 2.33. The highest BCUT2D eigenvalue weighted by molar-refractivity contribution is 6.21. The lowest BCUT2D eigenvalue weighted by Crippen LogP contribution is -2.43. The molecule has 0 aromatic heterocycles. The van der Waals surface area contributed by atoms with E-state index in [2.05, 4.69) is 0 Å². The molecule has 2 aromatic rings. The summed E-state index contributed by atoms with van der Waals surface area (Å²) in [6, 6.07) is 16.6. The third-order valence-corrected chi connectivity index (χ3v) is 2.96. The average Bonchev–Trinajstić information content (AvgIpc) is 2.47. The van der Waals surface area contributed by atoms with Crippen molar-refractivity contribution in [1.29, 1.82) is 0 Å². The number of Topliss-reactive ketones (excluding diaryl/α,β-unsaturated/α-hetero) is 2. The van der Waals surface area contributed by atoms with E-state index in [1.54, 1.807) is 60.7 Å². The Bertz CT molecular complexity index is 532. The minimum absolute atomic E-state index is 0.316. The zero-order chi connectivity index (χ0) is 13.9. The molecule has 0 spiro atoms. The van der Waals surface area contributed by atoms with E-state index in [0.717, 1.165) is 0 Å². The minimum atomic E-state index is -2.05. The highest BCUT2D eigenvalue weighted by Crippen LogP contribution is 2.19. The van der Waals surface area contributed by atoms with Crippen LogP contribution in [0.3, 0.4) is 0 Å². The number of aliphatic hydroxyl groups is 1. The van der Waals surface area contributed by atoms with Gasteiger partial charge in [-0.2, -0.15) is 0 Å². The maximum Gasteiger partial charge on any atom is 0.202 e. The van der Waals surface area contributed by atoms with Gasteiger partial charge in [-0.05, 0) is 6.92 Å². The van der Waals surface area contributed by atoms with Crippen LogP contribution in [0.4, 0.5) is 0 Å². The summed E-state index contributed by atoms with van der Waals surface area (Å²) in [7, 11) is 0. The number of benzene rings is 2. The van der Waals surface area contributed by atoms with Crippen LogP contribution >= 0.6 is 0 Å². The molecule has 0 aliphatic rings. The van der Waals surface area contributed by atoms with Crippen LogP contribution in [0.1, 0.15) is 27.6 Å². The fraction of sp³-hybridized carbons (Fsp3) is 0.125. The summed E-state index contributed by atoms with van der Waals surface area (Å²) < 4.78 is 0. The molecule has 19 heavy (non-hydrogen) atoms. The predicted octanol–water partition coefficient (Wildman–Crippen LogP) is 2.50. The van der Waals surface area contributed by atoms with Crippen LogP contribution in [0.2, 0.25) is 0 Å². The fourth-order valence-electron chi connectivity index (χ4n) is 1.84. The predicted molar refractivity (Wildman–Crippen MR) is 72.2 cm³/mol. The van der Waals surface area contributed by atoms with Crippen molar-refractivity contribution < 1.29 is 14.7 Å². The average molecular weight is 254 g/mol. The summed E-state index contributed by atoms with van der Waals surface area (Å²) in [5.41, 5.74) is -1.42. The van der Waals surface area contributed by atoms with E-state index in [1.165, 1.54) is 6.92 Å². The lowest BCUT2D eigenvalue weighted by Gasteiger charge is -2.20. The quantitative estimate of drug-likeness (QED) is 0.673. The highest BCUT2D eigenvalue weighted by Gasteiger charge is 2.39. The molecule has 1 N–H and O–H groups in total. The third-order valence-electron chi connectivity index (χ3n) is 2.96. The molecule has 2 rings (SSSR count). The summed E-state index contributed by atoms with van der Waals surface area (Å²) in [5.74, 6) is -1.19. The SMILES string of the molecule is CC(O)(C(=O)c1ccccc1)C(=O)c1ccccc1. The molecule has 0 unspecified atom stereocenters. The highest BCUT2D eigenvalue weighted by atomic mass is 16.3. The number of hydrogen-bond acceptors (Lipinski definition) is 3. The van der Waals surface area contributed by atoms with E-state index in [4.69, 9.17) is 0 Å². The van der Waals surface area contributed by atoms with Crippen LogP contribution in [0.5, 0.6) is 0 Å². The van der Waals surface area contributed by atoms with Gasteiger partial charge in [0.1, 0.15) is 0 Å². The molecule has 0 saturated heterocycles. The van der Waals surface area contributed by atoms with Gasteiger partial charge in [-0.3, -0.25) is 9.59 Å². The first-order valence-electron chi connectivity index (χ1n) is 5.95. The van der Waals surface area contributed by atoms with Crippen LogP contribution < -0.4 is 0 Å². The Morgan fingerprint density at radius 2 is 1.11 bits per heavy atom. The summed E-state index contributed by atoms with van der Waals surface area (Å²) in [4.78, 5) is 24.4. The fourth-order valence-corrected chi connectivity index (χ4v) is 1.84. The molecule has 3 nitrogen and oxygen atoms in total. The molecule has 0 bridgehead atoms. The van der Waals surface area contributed by atoms with Gasteiger partial charge in [-0.1, -0.05) is 60.7 Å². The molecule has 0 saturated carbocycles. The second-order valence-electron chi connectivity index (χ2n) is 4.46. The Morgan fingerprint density at radius 1 is 0.789 bits per heavy atom. The topological polar surface area (TPSA) is 54.4 Å². The molecule has 96 valence electrons. The van der Waals surface area contributed by atoms with Gasteiger partial charge in [0.2, 0.25) is 11.6 Å². The molecule has 0 atom stereocenters. The molecule has 0 aliphatic carbocycles. The van der Waals surface area contributed by atoms with E-state index >= 15 is 0 Å². The maximum atomic E-state index is 12.2. The van der Waals surface area contributed by atoms with Gasteiger partial charge >= 0.3 is 0 Å². The Hall–Kier alpha value is -2.26. The summed E-state index contributed by atoms with van der Waals surface area (Å²) in [6.45, 7) is 1.23. The number of hydrogen-bond donors (Lipinski definition) is 1. The van der Waals surface area contributed by atoms with Crippen molar-refractivity contribution in [1.82, 2.24) is 0 Å². The van der Waals surface area contributed by atoms with E-state index in [0.29, 0.717) is 11.1 Å².